The molecule has 0 aliphatic heterocycles. The molecule has 0 aromatic rings. The lowest BCUT2D eigenvalue weighted by atomic mass is 9.86. The lowest BCUT2D eigenvalue weighted by Gasteiger charge is -2.45. The number of hydrogen-bond donors (Lipinski definition) is 2. The fourth-order valence-electron chi connectivity index (χ4n) is 3.59. The van der Waals surface area contributed by atoms with Crippen LogP contribution in [0.3, 0.4) is 0 Å². The van der Waals surface area contributed by atoms with Crippen LogP contribution in [0.15, 0.2) is 0 Å². The van der Waals surface area contributed by atoms with Crippen molar-refractivity contribution in [3.63, 3.8) is 0 Å². The zero-order valence-electron chi connectivity index (χ0n) is 24.2. The van der Waals surface area contributed by atoms with E-state index >= 15 is 0 Å². The minimum absolute atomic E-state index is 0.200. The minimum atomic E-state index is -9.60. The van der Waals surface area contributed by atoms with Crippen LogP contribution in [0.2, 0.25) is 0 Å². The Morgan fingerprint density at radius 1 is 0.460 bits per heavy atom. The number of likely N-dealkylation sites (N-methyl/N-ethyl adjacent to an activating group) is 1. The zero-order chi connectivity index (χ0) is 41.0. The maximum atomic E-state index is 14.6. The fourth-order valence-corrected chi connectivity index (χ4v) is 5.05. The van der Waals surface area contributed by atoms with Gasteiger partial charge in [-0.2, -0.15) is 105 Å². The molecule has 0 saturated carbocycles. The van der Waals surface area contributed by atoms with E-state index < -0.39 is 118 Å². The van der Waals surface area contributed by atoms with Gasteiger partial charge >= 0.3 is 64.7 Å². The van der Waals surface area contributed by atoms with Crippen LogP contribution in [0.4, 0.5) is 101 Å². The van der Waals surface area contributed by atoms with Crippen LogP contribution in [-0.4, -0.2) is 146 Å². The van der Waals surface area contributed by atoms with Crippen molar-refractivity contribution >= 4 is 10.0 Å². The molecule has 50 heavy (non-hydrogen) atoms. The summed E-state index contributed by atoms with van der Waals surface area (Å²) in [6.45, 7) is -6.36. The maximum Gasteiger partial charge on any atom is 0.460 e. The number of aliphatic hydroxyl groups is 2. The highest BCUT2D eigenvalue weighted by atomic mass is 32.2. The molecule has 0 spiro atoms. The number of halogens is 23. The van der Waals surface area contributed by atoms with E-state index in [4.69, 9.17) is 10.2 Å². The molecule has 2 N–H and O–H groups in total. The Hall–Kier alpha value is -1.82. The second-order valence-electron chi connectivity index (χ2n) is 10.8. The molecule has 0 heterocycles. The quantitative estimate of drug-likeness (QED) is 0.125. The molecule has 0 aromatic carbocycles. The Kier molecular flexibility index (Phi) is 13.1. The second kappa shape index (κ2) is 13.5. The van der Waals surface area contributed by atoms with Gasteiger partial charge < -0.3 is 14.7 Å². The molecule has 0 aromatic heterocycles. The largest absolute Gasteiger partial charge is 0.460 e. The first kappa shape index (κ1) is 48.2. The van der Waals surface area contributed by atoms with Gasteiger partial charge in [0.2, 0.25) is 0 Å². The Labute approximate surface area is 264 Å². The third-order valence-corrected chi connectivity index (χ3v) is 8.72. The normalized spacial score (nSPS) is 16.4. The van der Waals surface area contributed by atoms with Crippen molar-refractivity contribution in [1.29, 1.82) is 0 Å². The summed E-state index contributed by atoms with van der Waals surface area (Å²) in [5, 5.41) is 9.79. The van der Waals surface area contributed by atoms with E-state index in [1.54, 1.807) is 0 Å². The van der Waals surface area contributed by atoms with Gasteiger partial charge in [-0.15, -0.1) is 0 Å². The van der Waals surface area contributed by atoms with Crippen molar-refractivity contribution in [2.45, 2.75) is 71.2 Å². The van der Waals surface area contributed by atoms with E-state index in [9.17, 15) is 109 Å². The molecule has 0 amide bonds. The molecule has 0 radical (unpaired) electrons. The monoisotopic (exact) mass is 823 g/mol. The maximum absolute atomic E-state index is 14.6. The Morgan fingerprint density at radius 2 is 0.760 bits per heavy atom. The highest BCUT2D eigenvalue weighted by molar-refractivity contribution is 7.90. The van der Waals surface area contributed by atoms with Crippen LogP contribution in [0.5, 0.6) is 0 Å². The first-order valence-electron chi connectivity index (χ1n) is 12.4. The summed E-state index contributed by atoms with van der Waals surface area (Å²) in [7, 11) is -5.26. The second-order valence-corrected chi connectivity index (χ2v) is 12.8. The average molecular weight is 823 g/mol. The fraction of sp³-hybridized carbons (Fsp3) is 1.00. The molecule has 0 saturated heterocycles. The number of hydrogen-bond acceptors (Lipinski definition) is 4. The van der Waals surface area contributed by atoms with Crippen LogP contribution in [0.25, 0.3) is 0 Å². The van der Waals surface area contributed by atoms with Gasteiger partial charge in [0.25, 0.3) is 10.0 Å². The number of alkyl halides is 23. The van der Waals surface area contributed by atoms with E-state index in [1.807, 2.05) is 0 Å². The summed E-state index contributed by atoms with van der Waals surface area (Å²) in [4.78, 5) is 0. The molecular formula is C20H22F23N2O4S+. The van der Waals surface area contributed by atoms with E-state index in [2.05, 4.69) is 0 Å². The van der Waals surface area contributed by atoms with Crippen LogP contribution in [0, 0.1) is 0 Å². The molecule has 0 atom stereocenters. The van der Waals surface area contributed by atoms with Crippen molar-refractivity contribution in [2.75, 3.05) is 53.5 Å². The number of rotatable bonds is 19. The molecular weight excluding hydrogens is 801 g/mol. The van der Waals surface area contributed by atoms with Gasteiger partial charge in [0, 0.05) is 19.5 Å². The predicted octanol–water partition coefficient (Wildman–Crippen LogP) is 5.94. The van der Waals surface area contributed by atoms with E-state index in [0.29, 0.717) is 0 Å². The smallest absolute Gasteiger partial charge is 0.395 e. The molecule has 0 rings (SSSR count). The van der Waals surface area contributed by atoms with Crippen LogP contribution in [-0.2, 0) is 10.0 Å². The SMILES string of the molecule is C[N+](C)(CCO)CCCN(CCO)S(=O)(=O)C(F)(F)C(F)(F)C(F)(F)C(F)(F)C(F)(F)C(F)(F)C(F)(F)C(F)(F)C(F)(F)C(F)(F)C(F)(F)F. The Balaban J connectivity index is 7.25. The first-order chi connectivity index (χ1) is 21.5. The third-order valence-electron chi connectivity index (χ3n) is 6.77. The number of sulfonamides is 1. The molecule has 0 bridgehead atoms. The minimum Gasteiger partial charge on any atom is -0.395 e. The van der Waals surface area contributed by atoms with E-state index in [-0.39, 0.29) is 11.0 Å². The third kappa shape index (κ3) is 6.86. The number of quaternary nitrogens is 1. The molecule has 6 nitrogen and oxygen atoms in total. The summed E-state index contributed by atoms with van der Waals surface area (Å²) < 4.78 is 337. The van der Waals surface area contributed by atoms with Crippen LogP contribution in [0.1, 0.15) is 6.42 Å². The van der Waals surface area contributed by atoms with Crippen LogP contribution < -0.4 is 0 Å². The van der Waals surface area contributed by atoms with E-state index in [1.165, 1.54) is 14.1 Å². The molecule has 0 unspecified atom stereocenters. The summed E-state index contributed by atoms with van der Waals surface area (Å²) >= 11 is 0. The summed E-state index contributed by atoms with van der Waals surface area (Å²) in [6, 6.07) is 0. The topological polar surface area (TPSA) is 77.8 Å². The summed E-state index contributed by atoms with van der Waals surface area (Å²) in [6.07, 6.45) is -9.01. The number of nitrogens with zero attached hydrogens (tertiary/aromatic N) is 2. The zero-order valence-corrected chi connectivity index (χ0v) is 25.0. The van der Waals surface area contributed by atoms with Crippen LogP contribution >= 0.6 is 0 Å². The average Bonchev–Trinajstić information content (AvgIpc) is 2.90. The lowest BCUT2D eigenvalue weighted by molar-refractivity contribution is -0.890. The lowest BCUT2D eigenvalue weighted by Crippen LogP contribution is -2.78. The van der Waals surface area contributed by atoms with Gasteiger partial charge in [-0.05, 0) is 0 Å². The van der Waals surface area contributed by atoms with Gasteiger partial charge in [0.15, 0.2) is 0 Å². The van der Waals surface area contributed by atoms with Gasteiger partial charge in [0.05, 0.1) is 33.9 Å². The van der Waals surface area contributed by atoms with Crippen molar-refractivity contribution in [2.24, 2.45) is 0 Å². The summed E-state index contributed by atoms with van der Waals surface area (Å²) in [5.41, 5.74) is 0. The highest BCUT2D eigenvalue weighted by Crippen LogP contribution is 2.67. The van der Waals surface area contributed by atoms with Gasteiger partial charge in [-0.25, -0.2) is 8.42 Å². The number of aliphatic hydroxyl groups excluding tert-OH is 2. The highest BCUT2D eigenvalue weighted by Gasteiger charge is 2.99. The molecule has 0 fully saturated rings. The Morgan fingerprint density at radius 3 is 1.04 bits per heavy atom. The Bertz CT molecular complexity index is 1280. The van der Waals surface area contributed by atoms with E-state index in [0.717, 1.165) is 0 Å². The van der Waals surface area contributed by atoms with Gasteiger partial charge in [-0.1, -0.05) is 0 Å². The van der Waals surface area contributed by atoms with Gasteiger partial charge in [-0.3, -0.25) is 0 Å². The van der Waals surface area contributed by atoms with Gasteiger partial charge in [0.1, 0.15) is 6.54 Å². The van der Waals surface area contributed by atoms with Crippen molar-refractivity contribution < 1.29 is 124 Å². The standard InChI is InChI=1S/C20H22F23N2O4S/c1-45(2,7-9-47)6-3-4-44(5-8-46)50(48,49)20(42,43)18(37,38)16(33,34)14(29,30)12(25,26)10(21,22)11(23,24)13(27,28)15(31,32)17(35,36)19(39,40)41/h46-47H,3-9H2,1-2H3/q+1. The first-order valence-corrected chi connectivity index (χ1v) is 13.8. The molecule has 30 heteroatoms. The summed E-state index contributed by atoms with van der Waals surface area (Å²) in [5.74, 6) is -83.3. The molecule has 302 valence electrons. The molecule has 0 aliphatic carbocycles. The van der Waals surface area contributed by atoms with Crippen molar-refractivity contribution in [1.82, 2.24) is 4.31 Å². The molecule has 0 aliphatic rings. The van der Waals surface area contributed by atoms with Crippen molar-refractivity contribution in [3.8, 4) is 0 Å². The van der Waals surface area contributed by atoms with Crippen molar-refractivity contribution in [3.05, 3.63) is 0 Å². The predicted molar refractivity (Wildman–Crippen MR) is 117 cm³/mol.